The number of amides is 1. The van der Waals surface area contributed by atoms with Gasteiger partial charge in [-0.2, -0.15) is 0 Å². The maximum absolute atomic E-state index is 12.4. The van der Waals surface area contributed by atoms with Crippen LogP contribution in [0.1, 0.15) is 12.5 Å². The van der Waals surface area contributed by atoms with Crippen LogP contribution in [0.25, 0.3) is 10.8 Å². The molecule has 0 saturated heterocycles. The lowest BCUT2D eigenvalue weighted by Gasteiger charge is -2.13. The van der Waals surface area contributed by atoms with Crippen molar-refractivity contribution in [3.63, 3.8) is 0 Å². The van der Waals surface area contributed by atoms with Crippen LogP contribution in [-0.2, 0) is 10.5 Å². The van der Waals surface area contributed by atoms with E-state index in [2.05, 4.69) is 29.6 Å². The van der Waals surface area contributed by atoms with Gasteiger partial charge in [-0.15, -0.1) is 11.8 Å². The van der Waals surface area contributed by atoms with Crippen molar-refractivity contribution in [2.24, 2.45) is 0 Å². The first kappa shape index (κ1) is 15.6. The monoisotopic (exact) mass is 321 g/mol. The highest BCUT2D eigenvalue weighted by Gasteiger charge is 2.14. The lowest BCUT2D eigenvalue weighted by molar-refractivity contribution is -0.115. The molecule has 3 rings (SSSR count). The number of rotatable bonds is 5. The Hall–Kier alpha value is -2.26. The van der Waals surface area contributed by atoms with E-state index in [0.29, 0.717) is 0 Å². The average Bonchev–Trinajstić information content (AvgIpc) is 2.61. The Kier molecular flexibility index (Phi) is 4.99. The number of nitrogens with one attached hydrogen (secondary N) is 1. The zero-order valence-electron chi connectivity index (χ0n) is 13.0. The van der Waals surface area contributed by atoms with Crippen LogP contribution in [0, 0.1) is 0 Å². The highest BCUT2D eigenvalue weighted by Crippen LogP contribution is 2.24. The van der Waals surface area contributed by atoms with Crippen LogP contribution < -0.4 is 5.32 Å². The molecule has 2 nitrogen and oxygen atoms in total. The highest BCUT2D eigenvalue weighted by molar-refractivity contribution is 7.99. The van der Waals surface area contributed by atoms with Gasteiger partial charge in [0.15, 0.2) is 0 Å². The van der Waals surface area contributed by atoms with E-state index >= 15 is 0 Å². The minimum Gasteiger partial charge on any atom is -0.325 e. The zero-order chi connectivity index (χ0) is 16.1. The summed E-state index contributed by atoms with van der Waals surface area (Å²) in [5.41, 5.74) is 2.11. The number of thioether (sulfide) groups is 1. The molecule has 1 N–H and O–H groups in total. The molecular weight excluding hydrogens is 302 g/mol. The third-order valence-electron chi connectivity index (χ3n) is 3.76. The minimum atomic E-state index is -0.103. The van der Waals surface area contributed by atoms with Crippen molar-refractivity contribution < 1.29 is 4.79 Å². The van der Waals surface area contributed by atoms with Crippen LogP contribution in [0.2, 0.25) is 0 Å². The SMILES string of the molecule is CC(SCc1ccccc1)C(=O)Nc1cccc2ccccc12. The Morgan fingerprint density at radius 3 is 2.48 bits per heavy atom. The molecule has 3 heteroatoms. The van der Waals surface area contributed by atoms with Crippen molar-refractivity contribution in [1.29, 1.82) is 0 Å². The fraction of sp³-hybridized carbons (Fsp3) is 0.150. The predicted octanol–water partition coefficient (Wildman–Crippen LogP) is 5.10. The molecular formula is C20H19NOS. The average molecular weight is 321 g/mol. The predicted molar refractivity (Wildman–Crippen MR) is 99.8 cm³/mol. The zero-order valence-corrected chi connectivity index (χ0v) is 13.8. The standard InChI is InChI=1S/C20H19NOS/c1-15(23-14-16-8-3-2-4-9-16)20(22)21-19-13-7-11-17-10-5-6-12-18(17)19/h2-13,15H,14H2,1H3,(H,21,22). The molecule has 0 fully saturated rings. The molecule has 3 aromatic carbocycles. The van der Waals surface area contributed by atoms with E-state index in [0.717, 1.165) is 22.2 Å². The van der Waals surface area contributed by atoms with Crippen LogP contribution in [0.15, 0.2) is 72.8 Å². The summed E-state index contributed by atoms with van der Waals surface area (Å²) >= 11 is 1.65. The second-order valence-electron chi connectivity index (χ2n) is 5.45. The largest absolute Gasteiger partial charge is 0.325 e. The Labute approximate surface area is 140 Å². The van der Waals surface area contributed by atoms with E-state index in [-0.39, 0.29) is 11.2 Å². The van der Waals surface area contributed by atoms with E-state index in [1.54, 1.807) is 11.8 Å². The third kappa shape index (κ3) is 3.93. The third-order valence-corrected chi connectivity index (χ3v) is 4.97. The molecule has 0 radical (unpaired) electrons. The molecule has 0 saturated carbocycles. The van der Waals surface area contributed by atoms with Gasteiger partial charge in [-0.1, -0.05) is 66.7 Å². The van der Waals surface area contributed by atoms with Gasteiger partial charge in [-0.3, -0.25) is 4.79 Å². The van der Waals surface area contributed by atoms with Gasteiger partial charge < -0.3 is 5.32 Å². The van der Waals surface area contributed by atoms with Gasteiger partial charge >= 0.3 is 0 Å². The molecule has 3 aromatic rings. The lowest BCUT2D eigenvalue weighted by atomic mass is 10.1. The number of hydrogen-bond donors (Lipinski definition) is 1. The van der Waals surface area contributed by atoms with Gasteiger partial charge in [0.1, 0.15) is 0 Å². The van der Waals surface area contributed by atoms with Gasteiger partial charge in [0.2, 0.25) is 5.91 Å². The van der Waals surface area contributed by atoms with Gasteiger partial charge in [0.05, 0.1) is 5.25 Å². The smallest absolute Gasteiger partial charge is 0.237 e. The first-order chi connectivity index (χ1) is 11.2. The summed E-state index contributed by atoms with van der Waals surface area (Å²) in [5.74, 6) is 0.882. The number of carbonyl (C=O) groups excluding carboxylic acids is 1. The maximum Gasteiger partial charge on any atom is 0.237 e. The molecule has 116 valence electrons. The topological polar surface area (TPSA) is 29.1 Å². The van der Waals surface area contributed by atoms with E-state index in [9.17, 15) is 4.79 Å². The summed E-state index contributed by atoms with van der Waals surface area (Å²) in [6.07, 6.45) is 0. The quantitative estimate of drug-likeness (QED) is 0.708. The van der Waals surface area contributed by atoms with Gasteiger partial charge in [0.25, 0.3) is 0 Å². The maximum atomic E-state index is 12.4. The minimum absolute atomic E-state index is 0.0438. The Morgan fingerprint density at radius 2 is 1.65 bits per heavy atom. The van der Waals surface area contributed by atoms with Crippen molar-refractivity contribution in [3.05, 3.63) is 78.4 Å². The fourth-order valence-electron chi connectivity index (χ4n) is 2.44. The van der Waals surface area contributed by atoms with Crippen molar-refractivity contribution >= 4 is 34.1 Å². The Morgan fingerprint density at radius 1 is 0.957 bits per heavy atom. The van der Waals surface area contributed by atoms with E-state index in [1.807, 2.05) is 55.5 Å². The lowest BCUT2D eigenvalue weighted by Crippen LogP contribution is -2.22. The number of hydrogen-bond acceptors (Lipinski definition) is 2. The molecule has 0 aliphatic rings. The number of fused-ring (bicyclic) bond motifs is 1. The van der Waals surface area contributed by atoms with Crippen LogP contribution in [-0.4, -0.2) is 11.2 Å². The summed E-state index contributed by atoms with van der Waals surface area (Å²) in [4.78, 5) is 12.4. The van der Waals surface area contributed by atoms with E-state index < -0.39 is 0 Å². The van der Waals surface area contributed by atoms with Gasteiger partial charge in [-0.25, -0.2) is 0 Å². The van der Waals surface area contributed by atoms with Crippen molar-refractivity contribution in [2.75, 3.05) is 5.32 Å². The van der Waals surface area contributed by atoms with Crippen LogP contribution in [0.3, 0.4) is 0 Å². The van der Waals surface area contributed by atoms with Crippen LogP contribution >= 0.6 is 11.8 Å². The number of benzene rings is 3. The van der Waals surface area contributed by atoms with Crippen molar-refractivity contribution in [3.8, 4) is 0 Å². The summed E-state index contributed by atoms with van der Waals surface area (Å²) in [6, 6.07) is 24.3. The molecule has 0 heterocycles. The second-order valence-corrected chi connectivity index (χ2v) is 6.78. The molecule has 0 bridgehead atoms. The number of carbonyl (C=O) groups is 1. The summed E-state index contributed by atoms with van der Waals surface area (Å²) in [6.45, 7) is 1.95. The first-order valence-electron chi connectivity index (χ1n) is 7.68. The van der Waals surface area contributed by atoms with E-state index in [4.69, 9.17) is 0 Å². The molecule has 1 unspecified atom stereocenters. The Balaban J connectivity index is 1.66. The second kappa shape index (κ2) is 7.34. The van der Waals surface area contributed by atoms with E-state index in [1.165, 1.54) is 5.56 Å². The molecule has 0 aromatic heterocycles. The molecule has 1 atom stereocenters. The molecule has 0 spiro atoms. The highest BCUT2D eigenvalue weighted by atomic mass is 32.2. The van der Waals surface area contributed by atoms with Crippen LogP contribution in [0.5, 0.6) is 0 Å². The number of anilines is 1. The molecule has 0 aliphatic heterocycles. The summed E-state index contributed by atoms with van der Waals surface area (Å²) in [5, 5.41) is 5.17. The van der Waals surface area contributed by atoms with Crippen molar-refractivity contribution in [2.45, 2.75) is 17.9 Å². The summed E-state index contributed by atoms with van der Waals surface area (Å²) < 4.78 is 0. The first-order valence-corrected chi connectivity index (χ1v) is 8.73. The Bertz CT molecular complexity index is 796. The molecule has 23 heavy (non-hydrogen) atoms. The van der Waals surface area contributed by atoms with Crippen molar-refractivity contribution in [1.82, 2.24) is 0 Å². The normalized spacial score (nSPS) is 12.0. The van der Waals surface area contributed by atoms with Gasteiger partial charge in [0, 0.05) is 16.8 Å². The fourth-order valence-corrected chi connectivity index (χ4v) is 3.29. The van der Waals surface area contributed by atoms with Crippen LogP contribution in [0.4, 0.5) is 5.69 Å². The molecule has 0 aliphatic carbocycles. The summed E-state index contributed by atoms with van der Waals surface area (Å²) in [7, 11) is 0. The van der Waals surface area contributed by atoms with Gasteiger partial charge in [-0.05, 0) is 23.9 Å². The molecule has 1 amide bonds.